The molecule has 0 radical (unpaired) electrons. The third kappa shape index (κ3) is 6.85. The molecule has 0 unspecified atom stereocenters. The van der Waals surface area contributed by atoms with Crippen LogP contribution in [0.1, 0.15) is 59.6 Å². The molecule has 0 saturated carbocycles. The Morgan fingerprint density at radius 2 is 1.56 bits per heavy atom. The van der Waals surface area contributed by atoms with Crippen LogP contribution in [-0.4, -0.2) is 24.0 Å². The van der Waals surface area contributed by atoms with Gasteiger partial charge >= 0.3 is 0 Å². The molecule has 0 amide bonds. The minimum absolute atomic E-state index is 0.984. The van der Waals surface area contributed by atoms with E-state index in [1.165, 1.54) is 11.1 Å². The molecule has 4 rings (SSSR count). The Morgan fingerprint density at radius 3 is 2.19 bits per heavy atom. The zero-order valence-corrected chi connectivity index (χ0v) is 18.1. The SMILES string of the molecule is CC.CC.CC.CCc1c(C)ccn2cnnc12.c1ccn2ccnc2c1. The van der Waals surface area contributed by atoms with Crippen molar-refractivity contribution in [2.45, 2.75) is 61.8 Å². The minimum Gasteiger partial charge on any atom is -0.307 e. The molecule has 5 nitrogen and oxygen atoms in total. The highest BCUT2D eigenvalue weighted by Gasteiger charge is 2.03. The summed E-state index contributed by atoms with van der Waals surface area (Å²) in [5.41, 5.74) is 4.56. The molecule has 0 N–H and O–H groups in total. The number of hydrogen-bond acceptors (Lipinski definition) is 3. The maximum atomic E-state index is 4.08. The zero-order chi connectivity index (χ0) is 20.7. The van der Waals surface area contributed by atoms with E-state index in [2.05, 4.69) is 35.1 Å². The number of pyridine rings is 2. The molecule has 0 atom stereocenters. The second-order valence-corrected chi connectivity index (χ2v) is 4.79. The van der Waals surface area contributed by atoms with Gasteiger partial charge in [0.1, 0.15) is 12.0 Å². The molecular weight excluding hydrogens is 334 g/mol. The molecule has 0 aromatic carbocycles. The fraction of sp³-hybridized carbons (Fsp3) is 0.409. The summed E-state index contributed by atoms with van der Waals surface area (Å²) in [5.74, 6) is 0. The number of imidazole rings is 1. The second-order valence-electron chi connectivity index (χ2n) is 4.79. The lowest BCUT2D eigenvalue weighted by molar-refractivity contribution is 1.06. The van der Waals surface area contributed by atoms with Gasteiger partial charge in [-0.05, 0) is 42.7 Å². The summed E-state index contributed by atoms with van der Waals surface area (Å²) in [5, 5.41) is 7.93. The highest BCUT2D eigenvalue weighted by Crippen LogP contribution is 2.13. The Labute approximate surface area is 164 Å². The van der Waals surface area contributed by atoms with E-state index >= 15 is 0 Å². The molecule has 0 aliphatic rings. The van der Waals surface area contributed by atoms with Gasteiger partial charge in [0.15, 0.2) is 5.65 Å². The van der Waals surface area contributed by atoms with Crippen LogP contribution < -0.4 is 0 Å². The molecule has 0 aliphatic carbocycles. The van der Waals surface area contributed by atoms with Crippen molar-refractivity contribution in [2.24, 2.45) is 0 Å². The lowest BCUT2D eigenvalue weighted by Gasteiger charge is -2.02. The van der Waals surface area contributed by atoms with Gasteiger partial charge in [0.05, 0.1) is 0 Å². The molecule has 4 aromatic heterocycles. The predicted molar refractivity (Wildman–Crippen MR) is 116 cm³/mol. The number of nitrogens with zero attached hydrogens (tertiary/aromatic N) is 5. The Bertz CT molecular complexity index is 831. The quantitative estimate of drug-likeness (QED) is 0.412. The van der Waals surface area contributed by atoms with Crippen molar-refractivity contribution in [2.75, 3.05) is 0 Å². The minimum atomic E-state index is 0.984. The van der Waals surface area contributed by atoms with Gasteiger partial charge in [-0.2, -0.15) is 0 Å². The first-order valence-corrected chi connectivity index (χ1v) is 9.95. The molecule has 0 aliphatic heterocycles. The third-order valence-corrected chi connectivity index (χ3v) is 3.46. The fourth-order valence-electron chi connectivity index (χ4n) is 2.34. The lowest BCUT2D eigenvalue weighted by Crippen LogP contribution is -1.93. The van der Waals surface area contributed by atoms with E-state index in [1.807, 2.05) is 87.1 Å². The van der Waals surface area contributed by atoms with Crippen molar-refractivity contribution < 1.29 is 0 Å². The molecule has 4 heterocycles. The standard InChI is InChI=1S/C9H11N3.C7H6N2.3C2H6/c1-3-8-7(2)4-5-12-6-10-11-9(8)12;1-2-5-9-6-4-8-7(9)3-1;3*1-2/h4-6H,3H2,1-2H3;1-6H;3*1-2H3. The van der Waals surface area contributed by atoms with Crippen molar-refractivity contribution in [1.82, 2.24) is 24.0 Å². The molecule has 27 heavy (non-hydrogen) atoms. The number of fused-ring (bicyclic) bond motifs is 2. The van der Waals surface area contributed by atoms with Crippen molar-refractivity contribution in [3.8, 4) is 0 Å². The van der Waals surface area contributed by atoms with Crippen LogP contribution in [0.2, 0.25) is 0 Å². The van der Waals surface area contributed by atoms with Gasteiger partial charge in [-0.1, -0.05) is 54.5 Å². The molecule has 0 spiro atoms. The number of aromatic nitrogens is 5. The first-order chi connectivity index (χ1) is 13.3. The summed E-state index contributed by atoms with van der Waals surface area (Å²) in [6.45, 7) is 16.2. The van der Waals surface area contributed by atoms with Crippen LogP contribution in [0.25, 0.3) is 11.3 Å². The van der Waals surface area contributed by atoms with Gasteiger partial charge < -0.3 is 4.40 Å². The highest BCUT2D eigenvalue weighted by atomic mass is 15.2. The van der Waals surface area contributed by atoms with Crippen LogP contribution >= 0.6 is 0 Å². The van der Waals surface area contributed by atoms with Crippen LogP contribution in [0.4, 0.5) is 0 Å². The highest BCUT2D eigenvalue weighted by molar-refractivity contribution is 5.50. The van der Waals surface area contributed by atoms with E-state index in [0.717, 1.165) is 17.7 Å². The van der Waals surface area contributed by atoms with Crippen molar-refractivity contribution >= 4 is 11.3 Å². The second kappa shape index (κ2) is 14.5. The van der Waals surface area contributed by atoms with E-state index < -0.39 is 0 Å². The van der Waals surface area contributed by atoms with Gasteiger partial charge in [-0.25, -0.2) is 4.98 Å². The Balaban J connectivity index is 0.000000401. The number of rotatable bonds is 1. The van der Waals surface area contributed by atoms with E-state index in [1.54, 1.807) is 12.5 Å². The topological polar surface area (TPSA) is 47.5 Å². The van der Waals surface area contributed by atoms with Crippen LogP contribution in [0.3, 0.4) is 0 Å². The number of aryl methyl sites for hydroxylation is 2. The molecule has 0 bridgehead atoms. The van der Waals surface area contributed by atoms with Crippen LogP contribution in [-0.2, 0) is 6.42 Å². The summed E-state index contributed by atoms with van der Waals surface area (Å²) in [7, 11) is 0. The number of hydrogen-bond donors (Lipinski definition) is 0. The average molecular weight is 370 g/mol. The Kier molecular flexibility index (Phi) is 13.0. The summed E-state index contributed by atoms with van der Waals surface area (Å²) < 4.78 is 3.92. The van der Waals surface area contributed by atoms with Crippen molar-refractivity contribution in [3.05, 3.63) is 66.5 Å². The van der Waals surface area contributed by atoms with Crippen molar-refractivity contribution in [3.63, 3.8) is 0 Å². The normalized spacial score (nSPS) is 8.89. The third-order valence-electron chi connectivity index (χ3n) is 3.46. The molecule has 4 aromatic rings. The monoisotopic (exact) mass is 369 g/mol. The summed E-state index contributed by atoms with van der Waals surface area (Å²) in [6, 6.07) is 8.02. The smallest absolute Gasteiger partial charge is 0.164 e. The summed E-state index contributed by atoms with van der Waals surface area (Å²) >= 11 is 0. The first-order valence-electron chi connectivity index (χ1n) is 9.95. The lowest BCUT2D eigenvalue weighted by atomic mass is 10.1. The molecule has 5 heteroatoms. The molecular formula is C22H35N5. The van der Waals surface area contributed by atoms with Crippen LogP contribution in [0.15, 0.2) is 55.4 Å². The van der Waals surface area contributed by atoms with E-state index in [0.29, 0.717) is 0 Å². The van der Waals surface area contributed by atoms with Crippen LogP contribution in [0, 0.1) is 6.92 Å². The fourth-order valence-corrected chi connectivity index (χ4v) is 2.34. The van der Waals surface area contributed by atoms with Gasteiger partial charge in [-0.3, -0.25) is 4.40 Å². The van der Waals surface area contributed by atoms with Crippen LogP contribution in [0.5, 0.6) is 0 Å². The molecule has 0 saturated heterocycles. The van der Waals surface area contributed by atoms with Crippen molar-refractivity contribution in [1.29, 1.82) is 0 Å². The molecule has 0 fully saturated rings. The van der Waals surface area contributed by atoms with E-state index in [9.17, 15) is 0 Å². The Hall–Kier alpha value is -2.69. The van der Waals surface area contributed by atoms with Gasteiger partial charge in [0, 0.05) is 24.8 Å². The van der Waals surface area contributed by atoms with Gasteiger partial charge in [-0.15, -0.1) is 10.2 Å². The maximum Gasteiger partial charge on any atom is 0.164 e. The van der Waals surface area contributed by atoms with E-state index in [-0.39, 0.29) is 0 Å². The Morgan fingerprint density at radius 1 is 0.852 bits per heavy atom. The first kappa shape index (κ1) is 24.3. The molecule has 148 valence electrons. The average Bonchev–Trinajstić information content (AvgIpc) is 3.42. The zero-order valence-electron chi connectivity index (χ0n) is 18.1. The van der Waals surface area contributed by atoms with Gasteiger partial charge in [0.2, 0.25) is 0 Å². The van der Waals surface area contributed by atoms with Gasteiger partial charge in [0.25, 0.3) is 0 Å². The largest absolute Gasteiger partial charge is 0.307 e. The maximum absolute atomic E-state index is 4.08. The summed E-state index contributed by atoms with van der Waals surface area (Å²) in [6.07, 6.45) is 10.4. The summed E-state index contributed by atoms with van der Waals surface area (Å²) in [4.78, 5) is 4.08. The predicted octanol–water partition coefficient (Wildman–Crippen LogP) is 6.01. The van der Waals surface area contributed by atoms with E-state index in [4.69, 9.17) is 0 Å².